The van der Waals surface area contributed by atoms with E-state index in [4.69, 9.17) is 52.1 Å². The van der Waals surface area contributed by atoms with E-state index >= 15 is 0 Å². The van der Waals surface area contributed by atoms with Crippen LogP contribution in [0.4, 0.5) is 10.1 Å². The molecule has 0 aliphatic heterocycles. The lowest BCUT2D eigenvalue weighted by Crippen LogP contribution is -1.93. The van der Waals surface area contributed by atoms with Crippen molar-refractivity contribution in [3.8, 4) is 11.1 Å². The molecular formula is C12H6Cl4FN. The van der Waals surface area contributed by atoms with Crippen molar-refractivity contribution < 1.29 is 4.39 Å². The van der Waals surface area contributed by atoms with Gasteiger partial charge in [0.05, 0.1) is 20.1 Å². The van der Waals surface area contributed by atoms with Crippen LogP contribution in [0, 0.1) is 5.82 Å². The van der Waals surface area contributed by atoms with Crippen LogP contribution in [0.5, 0.6) is 0 Å². The van der Waals surface area contributed by atoms with E-state index in [9.17, 15) is 4.39 Å². The molecule has 94 valence electrons. The number of anilines is 1. The number of hydrogen-bond acceptors (Lipinski definition) is 1. The fraction of sp³-hybridized carbons (Fsp3) is 0. The molecule has 0 atom stereocenters. The van der Waals surface area contributed by atoms with Gasteiger partial charge >= 0.3 is 0 Å². The molecule has 0 saturated heterocycles. The fourth-order valence-electron chi connectivity index (χ4n) is 1.56. The largest absolute Gasteiger partial charge is 0.398 e. The molecule has 0 unspecified atom stereocenters. The van der Waals surface area contributed by atoms with E-state index in [0.29, 0.717) is 16.8 Å². The van der Waals surface area contributed by atoms with Crippen LogP contribution in [0.2, 0.25) is 20.1 Å². The van der Waals surface area contributed by atoms with Crippen LogP contribution in [0.3, 0.4) is 0 Å². The minimum atomic E-state index is -0.447. The van der Waals surface area contributed by atoms with Crippen molar-refractivity contribution in [2.24, 2.45) is 0 Å². The molecule has 0 fully saturated rings. The second kappa shape index (κ2) is 5.14. The lowest BCUT2D eigenvalue weighted by molar-refractivity contribution is 0.628. The Kier molecular flexibility index (Phi) is 3.93. The van der Waals surface area contributed by atoms with Crippen molar-refractivity contribution in [1.29, 1.82) is 0 Å². The molecule has 0 amide bonds. The zero-order chi connectivity index (χ0) is 13.4. The average Bonchev–Trinajstić information content (AvgIpc) is 2.31. The quantitative estimate of drug-likeness (QED) is 0.407. The predicted molar refractivity (Wildman–Crippen MR) is 76.3 cm³/mol. The van der Waals surface area contributed by atoms with Crippen molar-refractivity contribution in [3.05, 3.63) is 50.2 Å². The zero-order valence-corrected chi connectivity index (χ0v) is 11.8. The molecule has 1 nitrogen and oxygen atoms in total. The summed E-state index contributed by atoms with van der Waals surface area (Å²) in [5.74, 6) is -0.447. The first-order chi connectivity index (χ1) is 8.41. The van der Waals surface area contributed by atoms with Gasteiger partial charge in [-0.15, -0.1) is 0 Å². The highest BCUT2D eigenvalue weighted by Gasteiger charge is 2.17. The van der Waals surface area contributed by atoms with Crippen molar-refractivity contribution in [2.75, 3.05) is 5.73 Å². The first-order valence-corrected chi connectivity index (χ1v) is 6.31. The lowest BCUT2D eigenvalue weighted by atomic mass is 10.0. The number of hydrogen-bond donors (Lipinski definition) is 1. The summed E-state index contributed by atoms with van der Waals surface area (Å²) in [5.41, 5.74) is 6.88. The Morgan fingerprint density at radius 2 is 1.56 bits per heavy atom. The maximum Gasteiger partial charge on any atom is 0.123 e. The molecule has 0 heterocycles. The van der Waals surface area contributed by atoms with Gasteiger partial charge in [-0.05, 0) is 24.3 Å². The molecule has 2 aromatic carbocycles. The van der Waals surface area contributed by atoms with Crippen LogP contribution >= 0.6 is 46.4 Å². The summed E-state index contributed by atoms with van der Waals surface area (Å²) in [6.45, 7) is 0. The molecule has 6 heteroatoms. The third-order valence-corrected chi connectivity index (χ3v) is 3.96. The van der Waals surface area contributed by atoms with Gasteiger partial charge in [-0.3, -0.25) is 0 Å². The molecule has 2 aromatic rings. The van der Waals surface area contributed by atoms with Crippen LogP contribution in [-0.4, -0.2) is 0 Å². The summed E-state index contributed by atoms with van der Waals surface area (Å²) in [4.78, 5) is 0. The molecule has 18 heavy (non-hydrogen) atoms. The molecule has 0 aromatic heterocycles. The Hall–Kier alpha value is -0.670. The van der Waals surface area contributed by atoms with Gasteiger partial charge in [-0.25, -0.2) is 4.39 Å². The smallest absolute Gasteiger partial charge is 0.123 e. The van der Waals surface area contributed by atoms with Gasteiger partial charge in [0.1, 0.15) is 5.82 Å². The molecule has 0 saturated carbocycles. The first-order valence-electron chi connectivity index (χ1n) is 4.80. The van der Waals surface area contributed by atoms with Gasteiger partial charge in [0, 0.05) is 16.8 Å². The number of rotatable bonds is 1. The van der Waals surface area contributed by atoms with E-state index in [-0.39, 0.29) is 20.1 Å². The van der Waals surface area contributed by atoms with Crippen LogP contribution < -0.4 is 5.73 Å². The number of nitrogens with two attached hydrogens (primary N) is 1. The van der Waals surface area contributed by atoms with Crippen LogP contribution in [0.1, 0.15) is 0 Å². The van der Waals surface area contributed by atoms with Crippen LogP contribution in [-0.2, 0) is 0 Å². The predicted octanol–water partition coefficient (Wildman–Crippen LogP) is 5.69. The van der Waals surface area contributed by atoms with E-state index in [1.807, 2.05) is 0 Å². The Morgan fingerprint density at radius 1 is 0.889 bits per heavy atom. The Morgan fingerprint density at radius 3 is 2.22 bits per heavy atom. The van der Waals surface area contributed by atoms with Gasteiger partial charge in [-0.1, -0.05) is 46.4 Å². The maximum atomic E-state index is 13.3. The second-order valence-corrected chi connectivity index (χ2v) is 5.15. The molecule has 2 N–H and O–H groups in total. The number of halogens is 5. The van der Waals surface area contributed by atoms with Crippen molar-refractivity contribution >= 4 is 52.1 Å². The first kappa shape index (κ1) is 13.8. The third-order valence-electron chi connectivity index (χ3n) is 2.40. The minimum absolute atomic E-state index is 0.145. The fourth-order valence-corrected chi connectivity index (χ4v) is 2.67. The summed E-state index contributed by atoms with van der Waals surface area (Å²) < 4.78 is 13.3. The normalized spacial score (nSPS) is 10.7. The SMILES string of the molecule is Nc1ccc(F)cc1-c1c(Cl)cc(Cl)c(Cl)c1Cl. The summed E-state index contributed by atoms with van der Waals surface area (Å²) in [6.07, 6.45) is 0. The molecule has 0 aliphatic rings. The minimum Gasteiger partial charge on any atom is -0.398 e. The maximum absolute atomic E-state index is 13.3. The van der Waals surface area contributed by atoms with E-state index in [1.165, 1.54) is 24.3 Å². The Labute approximate surface area is 123 Å². The second-order valence-electron chi connectivity index (χ2n) is 3.57. The van der Waals surface area contributed by atoms with Gasteiger partial charge < -0.3 is 5.73 Å². The average molecular weight is 325 g/mol. The van der Waals surface area contributed by atoms with Crippen LogP contribution in [0.15, 0.2) is 24.3 Å². The Balaban J connectivity index is 2.79. The monoisotopic (exact) mass is 323 g/mol. The molecule has 0 radical (unpaired) electrons. The van der Waals surface area contributed by atoms with E-state index in [0.717, 1.165) is 0 Å². The van der Waals surface area contributed by atoms with Gasteiger partial charge in [0.15, 0.2) is 0 Å². The molecular weight excluding hydrogens is 319 g/mol. The molecule has 0 aliphatic carbocycles. The lowest BCUT2D eigenvalue weighted by Gasteiger charge is -2.12. The zero-order valence-electron chi connectivity index (χ0n) is 8.78. The highest BCUT2D eigenvalue weighted by atomic mass is 35.5. The molecule has 2 rings (SSSR count). The highest BCUT2D eigenvalue weighted by molar-refractivity contribution is 6.51. The summed E-state index contributed by atoms with van der Waals surface area (Å²) in [7, 11) is 0. The molecule has 0 bridgehead atoms. The van der Waals surface area contributed by atoms with Crippen LogP contribution in [0.25, 0.3) is 11.1 Å². The van der Waals surface area contributed by atoms with Crippen molar-refractivity contribution in [1.82, 2.24) is 0 Å². The standard InChI is InChI=1S/C12H6Cl4FN/c13-7-4-8(14)11(15)12(16)10(7)6-3-5(17)1-2-9(6)18/h1-4H,18H2. The van der Waals surface area contributed by atoms with Gasteiger partial charge in [0.25, 0.3) is 0 Å². The van der Waals surface area contributed by atoms with E-state index in [2.05, 4.69) is 0 Å². The highest BCUT2D eigenvalue weighted by Crippen LogP contribution is 2.44. The van der Waals surface area contributed by atoms with Gasteiger partial charge in [0.2, 0.25) is 0 Å². The topological polar surface area (TPSA) is 26.0 Å². The molecule has 0 spiro atoms. The van der Waals surface area contributed by atoms with E-state index < -0.39 is 5.82 Å². The summed E-state index contributed by atoms with van der Waals surface area (Å²) >= 11 is 23.9. The number of nitrogen functional groups attached to an aromatic ring is 1. The number of benzene rings is 2. The summed E-state index contributed by atoms with van der Waals surface area (Å²) in [5, 5.41) is 0.782. The Bertz CT molecular complexity index is 628. The third kappa shape index (κ3) is 2.39. The summed E-state index contributed by atoms with van der Waals surface area (Å²) in [6, 6.07) is 5.36. The van der Waals surface area contributed by atoms with Gasteiger partial charge in [-0.2, -0.15) is 0 Å². The van der Waals surface area contributed by atoms with Crippen molar-refractivity contribution in [2.45, 2.75) is 0 Å². The van der Waals surface area contributed by atoms with Crippen molar-refractivity contribution in [3.63, 3.8) is 0 Å². The van der Waals surface area contributed by atoms with E-state index in [1.54, 1.807) is 0 Å².